The normalized spacial score (nSPS) is 16.4. The fourth-order valence-corrected chi connectivity index (χ4v) is 3.03. The summed E-state index contributed by atoms with van der Waals surface area (Å²) in [6.45, 7) is 3.54. The zero-order chi connectivity index (χ0) is 13.8. The second kappa shape index (κ2) is 6.14. The van der Waals surface area contributed by atoms with E-state index in [-0.39, 0.29) is 17.7 Å². The van der Waals surface area contributed by atoms with Crippen LogP contribution in [0.5, 0.6) is 0 Å². The minimum Gasteiger partial charge on any atom is -0.343 e. The molecular weight excluding hydrogens is 262 g/mol. The Kier molecular flexibility index (Phi) is 4.52. The molecule has 0 aliphatic carbocycles. The maximum absolute atomic E-state index is 12.3. The number of thiazole rings is 1. The standard InChI is InChI=1S/C13H19N3O2S/c1-10(17)16-6-3-11(4-7-16)13(18)15(2)9-12-14-5-8-19-12/h5,8,11H,3-4,6-7,9H2,1-2H3. The van der Waals surface area contributed by atoms with Crippen LogP contribution in [0.15, 0.2) is 11.6 Å². The number of hydrogen-bond donors (Lipinski definition) is 0. The van der Waals surface area contributed by atoms with Gasteiger partial charge >= 0.3 is 0 Å². The lowest BCUT2D eigenvalue weighted by atomic mass is 9.95. The SMILES string of the molecule is CC(=O)N1CCC(C(=O)N(C)Cc2nccs2)CC1. The first-order valence-electron chi connectivity index (χ1n) is 6.47. The van der Waals surface area contributed by atoms with Gasteiger partial charge in [-0.1, -0.05) is 0 Å². The molecule has 1 aliphatic heterocycles. The van der Waals surface area contributed by atoms with Crippen LogP contribution < -0.4 is 0 Å². The second-order valence-corrected chi connectivity index (χ2v) is 5.88. The predicted octanol–water partition coefficient (Wildman–Crippen LogP) is 1.36. The van der Waals surface area contributed by atoms with E-state index in [1.807, 2.05) is 17.3 Å². The van der Waals surface area contributed by atoms with E-state index in [0.29, 0.717) is 19.6 Å². The third-order valence-electron chi connectivity index (χ3n) is 3.52. The quantitative estimate of drug-likeness (QED) is 0.840. The molecule has 6 heteroatoms. The summed E-state index contributed by atoms with van der Waals surface area (Å²) in [5.74, 6) is 0.306. The van der Waals surface area contributed by atoms with Crippen LogP contribution in [0.25, 0.3) is 0 Å². The van der Waals surface area contributed by atoms with Gasteiger partial charge in [-0.15, -0.1) is 11.3 Å². The molecule has 0 spiro atoms. The van der Waals surface area contributed by atoms with Gasteiger partial charge in [0.05, 0.1) is 6.54 Å². The van der Waals surface area contributed by atoms with Crippen LogP contribution in [0.2, 0.25) is 0 Å². The average Bonchev–Trinajstić information content (AvgIpc) is 2.90. The summed E-state index contributed by atoms with van der Waals surface area (Å²) >= 11 is 1.56. The van der Waals surface area contributed by atoms with Gasteiger partial charge in [-0.3, -0.25) is 9.59 Å². The number of likely N-dealkylation sites (tertiary alicyclic amines) is 1. The molecule has 1 aromatic rings. The molecule has 5 nitrogen and oxygen atoms in total. The molecule has 1 aromatic heterocycles. The Hall–Kier alpha value is -1.43. The Bertz CT molecular complexity index is 439. The van der Waals surface area contributed by atoms with Crippen molar-refractivity contribution < 1.29 is 9.59 Å². The van der Waals surface area contributed by atoms with E-state index in [1.54, 1.807) is 29.4 Å². The number of amides is 2. The van der Waals surface area contributed by atoms with Gasteiger partial charge in [0.1, 0.15) is 5.01 Å². The molecule has 0 aromatic carbocycles. The van der Waals surface area contributed by atoms with Crippen molar-refractivity contribution in [1.29, 1.82) is 0 Å². The van der Waals surface area contributed by atoms with Gasteiger partial charge in [-0.05, 0) is 12.8 Å². The summed E-state index contributed by atoms with van der Waals surface area (Å²) in [5, 5.41) is 2.87. The van der Waals surface area contributed by atoms with E-state index >= 15 is 0 Å². The average molecular weight is 281 g/mol. The highest BCUT2D eigenvalue weighted by Crippen LogP contribution is 2.20. The first kappa shape index (κ1) is 14.0. The Morgan fingerprint density at radius 3 is 2.68 bits per heavy atom. The highest BCUT2D eigenvalue weighted by atomic mass is 32.1. The number of nitrogens with zero attached hydrogens (tertiary/aromatic N) is 3. The summed E-state index contributed by atoms with van der Waals surface area (Å²) in [5.41, 5.74) is 0. The van der Waals surface area contributed by atoms with Crippen LogP contribution in [0.3, 0.4) is 0 Å². The summed E-state index contributed by atoms with van der Waals surface area (Å²) in [4.78, 5) is 31.3. The minimum atomic E-state index is 0.0422. The Morgan fingerprint density at radius 2 is 2.16 bits per heavy atom. The number of piperidine rings is 1. The Labute approximate surface area is 117 Å². The van der Waals surface area contributed by atoms with Crippen molar-refractivity contribution in [3.05, 3.63) is 16.6 Å². The molecule has 104 valence electrons. The third kappa shape index (κ3) is 3.53. The molecule has 1 aliphatic rings. The van der Waals surface area contributed by atoms with Gasteiger partial charge in [-0.25, -0.2) is 4.98 Å². The fourth-order valence-electron chi connectivity index (χ4n) is 2.36. The molecule has 19 heavy (non-hydrogen) atoms. The first-order chi connectivity index (χ1) is 9.08. The summed E-state index contributed by atoms with van der Waals surface area (Å²) in [6, 6.07) is 0. The van der Waals surface area contributed by atoms with E-state index in [2.05, 4.69) is 4.98 Å². The van der Waals surface area contributed by atoms with Crippen molar-refractivity contribution >= 4 is 23.2 Å². The number of carbonyl (C=O) groups excluding carboxylic acids is 2. The van der Waals surface area contributed by atoms with Gasteiger partial charge in [0.25, 0.3) is 0 Å². The molecule has 0 N–H and O–H groups in total. The summed E-state index contributed by atoms with van der Waals surface area (Å²) < 4.78 is 0. The van der Waals surface area contributed by atoms with Crippen LogP contribution in [0, 0.1) is 5.92 Å². The number of hydrogen-bond acceptors (Lipinski definition) is 4. The van der Waals surface area contributed by atoms with E-state index in [1.165, 1.54) is 0 Å². The van der Waals surface area contributed by atoms with Crippen LogP contribution in [0.1, 0.15) is 24.8 Å². The van der Waals surface area contributed by atoms with Crippen molar-refractivity contribution in [2.45, 2.75) is 26.3 Å². The lowest BCUT2D eigenvalue weighted by Crippen LogP contribution is -2.42. The Balaban J connectivity index is 1.85. The molecule has 0 radical (unpaired) electrons. The first-order valence-corrected chi connectivity index (χ1v) is 7.34. The van der Waals surface area contributed by atoms with Gasteiger partial charge < -0.3 is 9.80 Å². The van der Waals surface area contributed by atoms with E-state index < -0.39 is 0 Å². The van der Waals surface area contributed by atoms with Gasteiger partial charge in [0.15, 0.2) is 0 Å². The van der Waals surface area contributed by atoms with Crippen LogP contribution in [-0.4, -0.2) is 46.7 Å². The molecule has 0 unspecified atom stereocenters. The largest absolute Gasteiger partial charge is 0.343 e. The molecule has 0 saturated carbocycles. The van der Waals surface area contributed by atoms with Crippen LogP contribution >= 0.6 is 11.3 Å². The third-order valence-corrected chi connectivity index (χ3v) is 4.29. The van der Waals surface area contributed by atoms with Crippen molar-refractivity contribution in [3.63, 3.8) is 0 Å². The highest BCUT2D eigenvalue weighted by Gasteiger charge is 2.28. The molecule has 0 bridgehead atoms. The fraction of sp³-hybridized carbons (Fsp3) is 0.615. The van der Waals surface area contributed by atoms with Gasteiger partial charge in [0.2, 0.25) is 11.8 Å². The van der Waals surface area contributed by atoms with Crippen molar-refractivity contribution in [1.82, 2.24) is 14.8 Å². The highest BCUT2D eigenvalue weighted by molar-refractivity contribution is 7.09. The van der Waals surface area contributed by atoms with Crippen molar-refractivity contribution in [2.75, 3.05) is 20.1 Å². The molecular formula is C13H19N3O2S. The number of carbonyl (C=O) groups is 2. The molecule has 2 heterocycles. The second-order valence-electron chi connectivity index (χ2n) is 4.90. The molecule has 1 fully saturated rings. The van der Waals surface area contributed by atoms with Crippen molar-refractivity contribution in [3.8, 4) is 0 Å². The van der Waals surface area contributed by atoms with Gasteiger partial charge in [-0.2, -0.15) is 0 Å². The van der Waals surface area contributed by atoms with Crippen LogP contribution in [-0.2, 0) is 16.1 Å². The molecule has 0 atom stereocenters. The van der Waals surface area contributed by atoms with Crippen LogP contribution in [0.4, 0.5) is 0 Å². The molecule has 2 amide bonds. The maximum atomic E-state index is 12.3. The number of aromatic nitrogens is 1. The smallest absolute Gasteiger partial charge is 0.225 e. The maximum Gasteiger partial charge on any atom is 0.225 e. The summed E-state index contributed by atoms with van der Waals surface area (Å²) in [6.07, 6.45) is 3.28. The topological polar surface area (TPSA) is 53.5 Å². The van der Waals surface area contributed by atoms with E-state index in [9.17, 15) is 9.59 Å². The minimum absolute atomic E-state index is 0.0422. The lowest BCUT2D eigenvalue weighted by Gasteiger charge is -2.32. The number of rotatable bonds is 3. The zero-order valence-corrected chi connectivity index (χ0v) is 12.2. The predicted molar refractivity (Wildman–Crippen MR) is 73.6 cm³/mol. The lowest BCUT2D eigenvalue weighted by molar-refractivity contribution is -0.139. The summed E-state index contributed by atoms with van der Waals surface area (Å²) in [7, 11) is 1.82. The molecule has 2 rings (SSSR count). The zero-order valence-electron chi connectivity index (χ0n) is 11.3. The van der Waals surface area contributed by atoms with E-state index in [4.69, 9.17) is 0 Å². The molecule has 1 saturated heterocycles. The van der Waals surface area contributed by atoms with Crippen molar-refractivity contribution in [2.24, 2.45) is 5.92 Å². The van der Waals surface area contributed by atoms with E-state index in [0.717, 1.165) is 17.8 Å². The Morgan fingerprint density at radius 1 is 1.47 bits per heavy atom. The monoisotopic (exact) mass is 281 g/mol. The van der Waals surface area contributed by atoms with Gasteiger partial charge in [0, 0.05) is 44.6 Å².